The maximum absolute atomic E-state index is 14.4. The van der Waals surface area contributed by atoms with Gasteiger partial charge in [-0.25, -0.2) is 9.37 Å². The molecule has 0 saturated heterocycles. The van der Waals surface area contributed by atoms with E-state index in [9.17, 15) is 14.3 Å². The molecule has 1 atom stereocenters. The minimum absolute atomic E-state index is 0.0688. The predicted molar refractivity (Wildman–Crippen MR) is 129 cm³/mol. The zero-order valence-corrected chi connectivity index (χ0v) is 19.7. The van der Waals surface area contributed by atoms with E-state index >= 15 is 0 Å². The van der Waals surface area contributed by atoms with Crippen LogP contribution >= 0.6 is 11.6 Å². The van der Waals surface area contributed by atoms with Crippen LogP contribution in [0.4, 0.5) is 21.8 Å². The fourth-order valence-corrected chi connectivity index (χ4v) is 3.49. The molecule has 1 amide bonds. The number of aliphatic hydroxyl groups is 1. The molecule has 0 aliphatic heterocycles. The summed E-state index contributed by atoms with van der Waals surface area (Å²) < 4.78 is 17.5. The largest absolute Gasteiger partial charge is 0.394 e. The van der Waals surface area contributed by atoms with Crippen molar-refractivity contribution in [1.82, 2.24) is 34.8 Å². The first-order chi connectivity index (χ1) is 16.8. The molecule has 4 rings (SSSR count). The molecule has 4 aromatic rings. The first-order valence-electron chi connectivity index (χ1n) is 10.5. The number of nitrogens with zero attached hydrogens (tertiary/aromatic N) is 6. The van der Waals surface area contributed by atoms with Crippen molar-refractivity contribution in [2.24, 2.45) is 7.05 Å². The third kappa shape index (κ3) is 5.91. The summed E-state index contributed by atoms with van der Waals surface area (Å²) in [6.07, 6.45) is 7.96. The van der Waals surface area contributed by atoms with E-state index in [-0.39, 0.29) is 35.8 Å². The van der Waals surface area contributed by atoms with Crippen LogP contribution in [0.2, 0.25) is 5.02 Å². The Labute approximate surface area is 205 Å². The number of aliphatic hydroxyl groups excluding tert-OH is 1. The molecule has 3 aromatic heterocycles. The van der Waals surface area contributed by atoms with E-state index in [1.54, 1.807) is 43.4 Å². The number of rotatable bonds is 9. The number of halogens is 2. The Balaban J connectivity index is 1.54. The molecule has 3 heterocycles. The van der Waals surface area contributed by atoms with Crippen LogP contribution in [0.3, 0.4) is 0 Å². The number of nitrogens with one attached hydrogen (secondary N) is 3. The minimum atomic E-state index is -0.698. The standard InChI is InChI=1S/C22H23ClFN9O2/c1-25-20(35)11-33-10-17(7-28-33)29-22-26-8-18(23)21(31-22)30-19(12-34)14-3-13(4-16(24)5-14)15-6-27-32(2)9-15/h3-10,19,34H,11-12H2,1-2H3,(H,25,35)(H2,26,29,30,31)/t19-/m1/s1. The predicted octanol–water partition coefficient (Wildman–Crippen LogP) is 2.50. The van der Waals surface area contributed by atoms with Crippen molar-refractivity contribution in [2.45, 2.75) is 12.6 Å². The van der Waals surface area contributed by atoms with Gasteiger partial charge >= 0.3 is 0 Å². The fourth-order valence-electron chi connectivity index (χ4n) is 3.35. The van der Waals surface area contributed by atoms with Crippen LogP contribution in [0.25, 0.3) is 11.1 Å². The van der Waals surface area contributed by atoms with E-state index in [1.165, 1.54) is 29.2 Å². The Morgan fingerprint density at radius 3 is 2.71 bits per heavy atom. The molecule has 182 valence electrons. The molecule has 0 aliphatic carbocycles. The Bertz CT molecular complexity index is 1340. The third-order valence-corrected chi connectivity index (χ3v) is 5.35. The zero-order valence-electron chi connectivity index (χ0n) is 18.9. The Morgan fingerprint density at radius 1 is 1.17 bits per heavy atom. The number of likely N-dealkylation sites (N-methyl/N-ethyl adjacent to an activating group) is 1. The van der Waals surface area contributed by atoms with Crippen molar-refractivity contribution in [2.75, 3.05) is 24.3 Å². The molecular formula is C22H23ClFN9O2. The van der Waals surface area contributed by atoms with Gasteiger partial charge in [-0.3, -0.25) is 14.2 Å². The smallest absolute Gasteiger partial charge is 0.241 e. The maximum atomic E-state index is 14.4. The molecule has 11 nitrogen and oxygen atoms in total. The quantitative estimate of drug-likeness (QED) is 0.276. The van der Waals surface area contributed by atoms with Crippen molar-refractivity contribution in [3.8, 4) is 11.1 Å². The summed E-state index contributed by atoms with van der Waals surface area (Å²) in [7, 11) is 3.32. The zero-order chi connectivity index (χ0) is 24.9. The van der Waals surface area contributed by atoms with Crippen molar-refractivity contribution < 1.29 is 14.3 Å². The van der Waals surface area contributed by atoms with Gasteiger partial charge in [-0.15, -0.1) is 0 Å². The van der Waals surface area contributed by atoms with Gasteiger partial charge in [-0.1, -0.05) is 11.6 Å². The molecular weight excluding hydrogens is 477 g/mol. The van der Waals surface area contributed by atoms with Gasteiger partial charge in [0, 0.05) is 32.1 Å². The summed E-state index contributed by atoms with van der Waals surface area (Å²) in [6, 6.07) is 3.81. The first-order valence-corrected chi connectivity index (χ1v) is 10.9. The van der Waals surface area contributed by atoms with Crippen LogP contribution in [0, 0.1) is 5.82 Å². The number of carbonyl (C=O) groups excluding carboxylic acids is 1. The monoisotopic (exact) mass is 499 g/mol. The van der Waals surface area contributed by atoms with Gasteiger partial charge in [0.05, 0.1) is 36.9 Å². The van der Waals surface area contributed by atoms with Crippen LogP contribution in [-0.2, 0) is 18.4 Å². The van der Waals surface area contributed by atoms with Gasteiger partial charge < -0.3 is 21.1 Å². The van der Waals surface area contributed by atoms with Crippen LogP contribution in [0.5, 0.6) is 0 Å². The fraction of sp³-hybridized carbons (Fsp3) is 0.227. The molecule has 0 unspecified atom stereocenters. The highest BCUT2D eigenvalue weighted by atomic mass is 35.5. The van der Waals surface area contributed by atoms with Crippen molar-refractivity contribution >= 4 is 35.0 Å². The van der Waals surface area contributed by atoms with Gasteiger partial charge in [-0.05, 0) is 29.3 Å². The summed E-state index contributed by atoms with van der Waals surface area (Å²) in [4.78, 5) is 20.0. The molecule has 0 bridgehead atoms. The lowest BCUT2D eigenvalue weighted by Crippen LogP contribution is -2.23. The molecule has 0 fully saturated rings. The number of hydrogen-bond acceptors (Lipinski definition) is 8. The van der Waals surface area contributed by atoms with Gasteiger partial charge in [0.25, 0.3) is 0 Å². The molecule has 0 aliphatic rings. The van der Waals surface area contributed by atoms with E-state index < -0.39 is 11.9 Å². The number of hydrogen-bond donors (Lipinski definition) is 4. The number of aryl methyl sites for hydroxylation is 1. The second kappa shape index (κ2) is 10.5. The number of anilines is 3. The first kappa shape index (κ1) is 24.1. The summed E-state index contributed by atoms with van der Waals surface area (Å²) in [6.45, 7) is -0.273. The number of benzene rings is 1. The highest BCUT2D eigenvalue weighted by Gasteiger charge is 2.17. The lowest BCUT2D eigenvalue weighted by Gasteiger charge is -2.19. The normalized spacial score (nSPS) is 11.8. The van der Waals surface area contributed by atoms with Crippen LogP contribution in [0.1, 0.15) is 11.6 Å². The lowest BCUT2D eigenvalue weighted by atomic mass is 10.0. The second-order valence-electron chi connectivity index (χ2n) is 7.67. The van der Waals surface area contributed by atoms with Crippen LogP contribution in [-0.4, -0.2) is 54.2 Å². The highest BCUT2D eigenvalue weighted by molar-refractivity contribution is 6.32. The van der Waals surface area contributed by atoms with Crippen molar-refractivity contribution in [3.63, 3.8) is 0 Å². The summed E-state index contributed by atoms with van der Waals surface area (Å²) in [5.41, 5.74) is 2.44. The molecule has 0 saturated carbocycles. The molecule has 13 heteroatoms. The van der Waals surface area contributed by atoms with Gasteiger partial charge in [0.2, 0.25) is 11.9 Å². The van der Waals surface area contributed by atoms with E-state index in [0.29, 0.717) is 16.8 Å². The average Bonchev–Trinajstić information content (AvgIpc) is 3.47. The topological polar surface area (TPSA) is 135 Å². The Kier molecular flexibility index (Phi) is 7.22. The van der Waals surface area contributed by atoms with Crippen molar-refractivity contribution in [3.05, 3.63) is 65.6 Å². The van der Waals surface area contributed by atoms with Gasteiger partial charge in [0.1, 0.15) is 17.4 Å². The number of amides is 1. The van der Waals surface area contributed by atoms with E-state index in [1.807, 2.05) is 0 Å². The molecule has 0 radical (unpaired) electrons. The Morgan fingerprint density at radius 2 is 2.00 bits per heavy atom. The third-order valence-electron chi connectivity index (χ3n) is 5.07. The van der Waals surface area contributed by atoms with E-state index in [0.717, 1.165) is 5.56 Å². The molecule has 1 aromatic carbocycles. The second-order valence-corrected chi connectivity index (χ2v) is 8.08. The van der Waals surface area contributed by atoms with E-state index in [2.05, 4.69) is 36.1 Å². The minimum Gasteiger partial charge on any atom is -0.394 e. The van der Waals surface area contributed by atoms with Gasteiger partial charge in [-0.2, -0.15) is 15.2 Å². The average molecular weight is 500 g/mol. The molecule has 0 spiro atoms. The number of carbonyl (C=O) groups is 1. The summed E-state index contributed by atoms with van der Waals surface area (Å²) in [5, 5.41) is 27.1. The maximum Gasteiger partial charge on any atom is 0.241 e. The molecule has 35 heavy (non-hydrogen) atoms. The van der Waals surface area contributed by atoms with Crippen LogP contribution < -0.4 is 16.0 Å². The van der Waals surface area contributed by atoms with Crippen LogP contribution in [0.15, 0.2) is 49.2 Å². The van der Waals surface area contributed by atoms with E-state index in [4.69, 9.17) is 11.6 Å². The highest BCUT2D eigenvalue weighted by Crippen LogP contribution is 2.29. The summed E-state index contributed by atoms with van der Waals surface area (Å²) >= 11 is 6.28. The lowest BCUT2D eigenvalue weighted by molar-refractivity contribution is -0.121. The summed E-state index contributed by atoms with van der Waals surface area (Å²) in [5.74, 6) is -0.184. The Hall–Kier alpha value is -4.03. The molecule has 4 N–H and O–H groups in total. The SMILES string of the molecule is CNC(=O)Cn1cc(Nc2ncc(Cl)c(N[C@H](CO)c3cc(F)cc(-c4cnn(C)c4)c3)n2)cn1. The van der Waals surface area contributed by atoms with Gasteiger partial charge in [0.15, 0.2) is 5.82 Å². The van der Waals surface area contributed by atoms with Crippen molar-refractivity contribution in [1.29, 1.82) is 0 Å². The number of aromatic nitrogens is 6.